The fourth-order valence-electron chi connectivity index (χ4n) is 6.13. The van der Waals surface area contributed by atoms with E-state index in [1.807, 2.05) is 0 Å². The summed E-state index contributed by atoms with van der Waals surface area (Å²) in [6, 6.07) is 5.27. The van der Waals surface area contributed by atoms with Gasteiger partial charge in [-0.05, 0) is 67.5 Å². The number of fused-ring (bicyclic) bond motifs is 1. The van der Waals surface area contributed by atoms with E-state index in [1.54, 1.807) is 39.0 Å². The molecule has 0 saturated carbocycles. The van der Waals surface area contributed by atoms with Gasteiger partial charge >= 0.3 is 18.4 Å². The standard InChI is InChI=1S/C32H38F6N2O6/c1-6-10-19-16-23-22(18-46-30(23,31(33,34)35)32(36,37)38)21(11-7-2)26(19)45-15-9-8-14-40-27(41)29(3,39-28(40)42)20-12-13-24(43-4)25(17-20)44-5/h12-13,16-17H,6-11,14-15,18H2,1-5H3,(H,39,42). The number of ether oxygens (including phenoxy) is 4. The van der Waals surface area contributed by atoms with E-state index in [2.05, 4.69) is 10.1 Å². The second-order valence-electron chi connectivity index (χ2n) is 11.5. The Morgan fingerprint density at radius 2 is 1.59 bits per heavy atom. The van der Waals surface area contributed by atoms with Crippen LogP contribution in [0.4, 0.5) is 31.1 Å². The van der Waals surface area contributed by atoms with E-state index in [1.165, 1.54) is 14.2 Å². The first-order chi connectivity index (χ1) is 21.6. The second-order valence-corrected chi connectivity index (χ2v) is 11.5. The maximum atomic E-state index is 14.1. The lowest BCUT2D eigenvalue weighted by Gasteiger charge is -2.34. The first-order valence-electron chi connectivity index (χ1n) is 15.1. The van der Waals surface area contributed by atoms with Gasteiger partial charge in [-0.3, -0.25) is 9.69 Å². The quantitative estimate of drug-likeness (QED) is 0.140. The predicted octanol–water partition coefficient (Wildman–Crippen LogP) is 7.09. The first kappa shape index (κ1) is 35.2. The van der Waals surface area contributed by atoms with Crippen molar-refractivity contribution in [1.29, 1.82) is 0 Å². The highest BCUT2D eigenvalue weighted by Crippen LogP contribution is 2.58. The Bertz CT molecular complexity index is 1450. The molecule has 0 bridgehead atoms. The zero-order valence-electron chi connectivity index (χ0n) is 26.3. The van der Waals surface area contributed by atoms with Crippen LogP contribution in [0.3, 0.4) is 0 Å². The van der Waals surface area contributed by atoms with Crippen LogP contribution in [0.5, 0.6) is 17.2 Å². The molecule has 254 valence electrons. The van der Waals surface area contributed by atoms with E-state index in [4.69, 9.17) is 14.2 Å². The van der Waals surface area contributed by atoms with Crippen molar-refractivity contribution in [3.8, 4) is 17.2 Å². The summed E-state index contributed by atoms with van der Waals surface area (Å²) in [5, 5.41) is 2.73. The minimum Gasteiger partial charge on any atom is -0.493 e. The summed E-state index contributed by atoms with van der Waals surface area (Å²) in [7, 11) is 2.94. The van der Waals surface area contributed by atoms with Crippen LogP contribution in [0, 0.1) is 0 Å². The molecule has 1 N–H and O–H groups in total. The fourth-order valence-corrected chi connectivity index (χ4v) is 6.13. The van der Waals surface area contributed by atoms with Crippen molar-refractivity contribution in [3.05, 3.63) is 52.1 Å². The summed E-state index contributed by atoms with van der Waals surface area (Å²) in [6.45, 7) is 4.41. The van der Waals surface area contributed by atoms with Crippen LogP contribution in [-0.4, -0.2) is 56.6 Å². The maximum Gasteiger partial charge on any atom is 0.430 e. The summed E-state index contributed by atoms with van der Waals surface area (Å²) in [5.74, 6) is 0.660. The number of rotatable bonds is 13. The van der Waals surface area contributed by atoms with Crippen LogP contribution in [0.2, 0.25) is 0 Å². The molecule has 0 radical (unpaired) electrons. The minimum atomic E-state index is -5.72. The number of halogens is 6. The van der Waals surface area contributed by atoms with Crippen molar-refractivity contribution in [2.24, 2.45) is 0 Å². The van der Waals surface area contributed by atoms with Gasteiger partial charge in [0.1, 0.15) is 11.3 Å². The molecule has 4 rings (SSSR count). The smallest absolute Gasteiger partial charge is 0.430 e. The van der Waals surface area contributed by atoms with Gasteiger partial charge in [0, 0.05) is 17.7 Å². The number of aryl methyl sites for hydroxylation is 1. The Hall–Kier alpha value is -3.68. The molecule has 0 spiro atoms. The van der Waals surface area contributed by atoms with Gasteiger partial charge in [0.15, 0.2) is 11.5 Å². The summed E-state index contributed by atoms with van der Waals surface area (Å²) >= 11 is 0. The van der Waals surface area contributed by atoms with E-state index in [0.717, 1.165) is 11.0 Å². The predicted molar refractivity (Wildman–Crippen MR) is 155 cm³/mol. The van der Waals surface area contributed by atoms with Crippen molar-refractivity contribution < 1.29 is 54.9 Å². The summed E-state index contributed by atoms with van der Waals surface area (Å²) in [5.41, 5.74) is -5.81. The van der Waals surface area contributed by atoms with Gasteiger partial charge in [0.2, 0.25) is 0 Å². The monoisotopic (exact) mass is 660 g/mol. The number of methoxy groups -OCH3 is 2. The maximum absolute atomic E-state index is 14.1. The number of carbonyl (C=O) groups is 2. The van der Waals surface area contributed by atoms with Gasteiger partial charge in [0.25, 0.3) is 11.5 Å². The van der Waals surface area contributed by atoms with Gasteiger partial charge in [-0.25, -0.2) is 4.79 Å². The fraction of sp³-hybridized carbons (Fsp3) is 0.562. The highest BCUT2D eigenvalue weighted by Gasteiger charge is 2.76. The number of nitrogens with one attached hydrogen (secondary N) is 1. The number of benzene rings is 2. The van der Waals surface area contributed by atoms with Crippen molar-refractivity contribution in [2.75, 3.05) is 27.4 Å². The third kappa shape index (κ3) is 5.95. The highest BCUT2D eigenvalue weighted by atomic mass is 19.4. The van der Waals surface area contributed by atoms with Crippen molar-refractivity contribution >= 4 is 11.9 Å². The number of unbranched alkanes of at least 4 members (excludes halogenated alkanes) is 1. The average molecular weight is 661 g/mol. The lowest BCUT2D eigenvalue weighted by atomic mass is 9.84. The molecule has 2 aromatic carbocycles. The lowest BCUT2D eigenvalue weighted by molar-refractivity contribution is -0.385. The van der Waals surface area contributed by atoms with E-state index in [0.29, 0.717) is 42.7 Å². The molecule has 2 aromatic rings. The molecule has 46 heavy (non-hydrogen) atoms. The van der Waals surface area contributed by atoms with E-state index < -0.39 is 47.6 Å². The molecule has 2 aliphatic rings. The number of imide groups is 1. The summed E-state index contributed by atoms with van der Waals surface area (Å²) in [4.78, 5) is 27.3. The van der Waals surface area contributed by atoms with E-state index in [9.17, 15) is 35.9 Å². The van der Waals surface area contributed by atoms with Gasteiger partial charge < -0.3 is 24.3 Å². The Balaban J connectivity index is 1.51. The van der Waals surface area contributed by atoms with Crippen LogP contribution in [0.25, 0.3) is 0 Å². The molecular formula is C32H38F6N2O6. The number of hydrogen-bond acceptors (Lipinski definition) is 6. The van der Waals surface area contributed by atoms with Gasteiger partial charge in [-0.15, -0.1) is 0 Å². The van der Waals surface area contributed by atoms with E-state index in [-0.39, 0.29) is 48.4 Å². The number of urea groups is 1. The van der Waals surface area contributed by atoms with Crippen LogP contribution in [-0.2, 0) is 40.1 Å². The zero-order valence-corrected chi connectivity index (χ0v) is 26.3. The molecule has 14 heteroatoms. The van der Waals surface area contributed by atoms with Crippen LogP contribution in [0.1, 0.15) is 74.3 Å². The molecule has 1 unspecified atom stereocenters. The van der Waals surface area contributed by atoms with Gasteiger partial charge in [0.05, 0.1) is 27.4 Å². The molecule has 1 saturated heterocycles. The van der Waals surface area contributed by atoms with Crippen LogP contribution in [0.15, 0.2) is 24.3 Å². The van der Waals surface area contributed by atoms with Gasteiger partial charge in [-0.1, -0.05) is 32.8 Å². The third-order valence-electron chi connectivity index (χ3n) is 8.46. The molecule has 2 aliphatic heterocycles. The van der Waals surface area contributed by atoms with Crippen LogP contribution < -0.4 is 19.5 Å². The Morgan fingerprint density at radius 3 is 2.17 bits per heavy atom. The second kappa shape index (κ2) is 13.2. The SMILES string of the molecule is CCCc1cc2c(c(CCC)c1OCCCCN1C(=O)NC(C)(c3ccc(OC)c(OC)c3)C1=O)COC2(C(F)(F)F)C(F)(F)F. The summed E-state index contributed by atoms with van der Waals surface area (Å²) < 4.78 is 106. The first-order valence-corrected chi connectivity index (χ1v) is 15.1. The van der Waals surface area contributed by atoms with Crippen molar-refractivity contribution in [2.45, 2.75) is 89.4 Å². The average Bonchev–Trinajstić information content (AvgIpc) is 3.49. The minimum absolute atomic E-state index is 0.0629. The number of amides is 3. The molecule has 0 aromatic heterocycles. The molecule has 1 atom stereocenters. The molecular weight excluding hydrogens is 622 g/mol. The Labute approximate surface area is 263 Å². The molecule has 1 fully saturated rings. The molecule has 3 amide bonds. The Morgan fingerprint density at radius 1 is 0.935 bits per heavy atom. The van der Waals surface area contributed by atoms with Crippen molar-refractivity contribution in [3.63, 3.8) is 0 Å². The molecule has 2 heterocycles. The van der Waals surface area contributed by atoms with E-state index >= 15 is 0 Å². The largest absolute Gasteiger partial charge is 0.493 e. The number of hydrogen-bond donors (Lipinski definition) is 1. The number of carbonyl (C=O) groups excluding carboxylic acids is 2. The van der Waals surface area contributed by atoms with Gasteiger partial charge in [-0.2, -0.15) is 26.3 Å². The normalized spacial score (nSPS) is 19.3. The molecule has 8 nitrogen and oxygen atoms in total. The van der Waals surface area contributed by atoms with Crippen molar-refractivity contribution in [1.82, 2.24) is 10.2 Å². The topological polar surface area (TPSA) is 86.3 Å². The Kier molecular flexibility index (Phi) is 10.1. The highest BCUT2D eigenvalue weighted by molar-refractivity contribution is 6.07. The lowest BCUT2D eigenvalue weighted by Crippen LogP contribution is -2.53. The molecule has 0 aliphatic carbocycles. The number of alkyl halides is 6. The summed E-state index contributed by atoms with van der Waals surface area (Å²) in [6.07, 6.45) is -9.45. The third-order valence-corrected chi connectivity index (χ3v) is 8.46. The number of nitrogens with zero attached hydrogens (tertiary/aromatic N) is 1. The zero-order chi connectivity index (χ0) is 34.1. The van der Waals surface area contributed by atoms with Crippen LogP contribution >= 0.6 is 0 Å².